The molecule has 0 bridgehead atoms. The molecule has 3 atom stereocenters. The quantitative estimate of drug-likeness (QED) is 0.568. The molecule has 6 nitrogen and oxygen atoms in total. The zero-order chi connectivity index (χ0) is 16.7. The molecule has 3 fully saturated rings. The molecule has 1 aromatic heterocycles. The minimum Gasteiger partial charge on any atom is -0.341 e. The van der Waals surface area contributed by atoms with Crippen LogP contribution in [0.5, 0.6) is 0 Å². The van der Waals surface area contributed by atoms with E-state index < -0.39 is 17.9 Å². The minimum atomic E-state index is -0.523. The largest absolute Gasteiger partial charge is 0.341 e. The van der Waals surface area contributed by atoms with Gasteiger partial charge in [-0.2, -0.15) is 0 Å². The fourth-order valence-electron chi connectivity index (χ4n) is 4.18. The summed E-state index contributed by atoms with van der Waals surface area (Å²) in [6.07, 6.45) is 3.85. The molecule has 3 N–H and O–H groups in total. The molecule has 4 rings (SSSR count). The maximum absolute atomic E-state index is 13.0. The fourth-order valence-corrected chi connectivity index (χ4v) is 5.04. The summed E-state index contributed by atoms with van der Waals surface area (Å²) >= 11 is 1.74. The van der Waals surface area contributed by atoms with E-state index in [4.69, 9.17) is 5.21 Å². The average Bonchev–Trinajstić information content (AvgIpc) is 3.03. The van der Waals surface area contributed by atoms with E-state index in [-0.39, 0.29) is 11.3 Å². The van der Waals surface area contributed by atoms with E-state index in [2.05, 4.69) is 16.8 Å². The van der Waals surface area contributed by atoms with Crippen molar-refractivity contribution in [3.05, 3.63) is 22.4 Å². The lowest BCUT2D eigenvalue weighted by Crippen LogP contribution is -2.58. The van der Waals surface area contributed by atoms with Gasteiger partial charge in [0.2, 0.25) is 11.8 Å². The number of carbonyl (C=O) groups is 2. The van der Waals surface area contributed by atoms with Crippen molar-refractivity contribution in [2.45, 2.75) is 37.6 Å². The minimum absolute atomic E-state index is 0.00171. The summed E-state index contributed by atoms with van der Waals surface area (Å²) in [5.41, 5.74) is 1.92. The standard InChI is InChI=1S/C17H23N3O3S/c21-15(19-23)12-8-17(4-5-17)10-18-14(12)16(22)20-6-3-11(9-20)13-2-1-7-24-13/h1-2,7,11-12,14,18,23H,3-6,8-10H2,(H,19,21). The van der Waals surface area contributed by atoms with Gasteiger partial charge in [0, 0.05) is 30.4 Å². The predicted octanol–water partition coefficient (Wildman–Crippen LogP) is 1.33. The van der Waals surface area contributed by atoms with Gasteiger partial charge >= 0.3 is 0 Å². The second kappa shape index (κ2) is 6.13. The van der Waals surface area contributed by atoms with E-state index >= 15 is 0 Å². The highest BCUT2D eigenvalue weighted by Crippen LogP contribution is 2.52. The third-order valence-corrected chi connectivity index (χ3v) is 6.90. The Morgan fingerprint density at radius 2 is 2.25 bits per heavy atom. The summed E-state index contributed by atoms with van der Waals surface area (Å²) in [5, 5.41) is 14.4. The summed E-state index contributed by atoms with van der Waals surface area (Å²) in [7, 11) is 0. The Hall–Kier alpha value is -1.44. The highest BCUT2D eigenvalue weighted by atomic mass is 32.1. The molecule has 1 aliphatic carbocycles. The van der Waals surface area contributed by atoms with Gasteiger partial charge in [-0.15, -0.1) is 11.3 Å². The van der Waals surface area contributed by atoms with Crippen LogP contribution in [0.4, 0.5) is 0 Å². The van der Waals surface area contributed by atoms with Crippen molar-refractivity contribution in [2.75, 3.05) is 19.6 Å². The summed E-state index contributed by atoms with van der Waals surface area (Å²) < 4.78 is 0. The molecule has 2 saturated heterocycles. The normalized spacial score (nSPS) is 31.2. The summed E-state index contributed by atoms with van der Waals surface area (Å²) in [6, 6.07) is 3.65. The number of nitrogens with one attached hydrogen (secondary N) is 2. The Kier molecular flexibility index (Phi) is 4.10. The van der Waals surface area contributed by atoms with Crippen LogP contribution in [0.3, 0.4) is 0 Å². The molecule has 3 aliphatic rings. The van der Waals surface area contributed by atoms with Gasteiger partial charge in [0.25, 0.3) is 0 Å². The van der Waals surface area contributed by atoms with Gasteiger partial charge in [0.15, 0.2) is 0 Å². The molecule has 2 aliphatic heterocycles. The zero-order valence-corrected chi connectivity index (χ0v) is 14.3. The monoisotopic (exact) mass is 349 g/mol. The maximum Gasteiger partial charge on any atom is 0.248 e. The predicted molar refractivity (Wildman–Crippen MR) is 89.8 cm³/mol. The number of hydrogen-bond donors (Lipinski definition) is 3. The number of thiophene rings is 1. The molecule has 130 valence electrons. The molecule has 3 unspecified atom stereocenters. The van der Waals surface area contributed by atoms with Crippen LogP contribution in [0.15, 0.2) is 17.5 Å². The first-order valence-corrected chi connectivity index (χ1v) is 9.49. The van der Waals surface area contributed by atoms with Crippen LogP contribution in [0.1, 0.15) is 36.5 Å². The third-order valence-electron chi connectivity index (χ3n) is 5.87. The molecule has 24 heavy (non-hydrogen) atoms. The van der Waals surface area contributed by atoms with Crippen LogP contribution < -0.4 is 10.8 Å². The average molecular weight is 349 g/mol. The molecular formula is C17H23N3O3S. The van der Waals surface area contributed by atoms with Crippen molar-refractivity contribution in [3.63, 3.8) is 0 Å². The SMILES string of the molecule is O=C(NO)C1CC2(CC2)CNC1C(=O)N1CCC(c2cccs2)C1. The lowest BCUT2D eigenvalue weighted by molar-refractivity contribution is -0.144. The van der Waals surface area contributed by atoms with Gasteiger partial charge in [-0.3, -0.25) is 14.8 Å². The van der Waals surface area contributed by atoms with Crippen LogP contribution in [0.25, 0.3) is 0 Å². The Balaban J connectivity index is 1.45. The highest BCUT2D eigenvalue weighted by Gasteiger charge is 2.53. The fraction of sp³-hybridized carbons (Fsp3) is 0.647. The number of hydrogen-bond acceptors (Lipinski definition) is 5. The lowest BCUT2D eigenvalue weighted by atomic mass is 9.81. The van der Waals surface area contributed by atoms with Gasteiger partial charge in [-0.1, -0.05) is 6.07 Å². The second-order valence-electron chi connectivity index (χ2n) is 7.43. The van der Waals surface area contributed by atoms with Crippen LogP contribution in [0, 0.1) is 11.3 Å². The number of carbonyl (C=O) groups excluding carboxylic acids is 2. The van der Waals surface area contributed by atoms with Crippen molar-refractivity contribution < 1.29 is 14.8 Å². The Bertz CT molecular complexity index is 629. The molecule has 0 radical (unpaired) electrons. The van der Waals surface area contributed by atoms with Crippen molar-refractivity contribution in [1.29, 1.82) is 0 Å². The number of nitrogens with zero attached hydrogens (tertiary/aromatic N) is 1. The van der Waals surface area contributed by atoms with E-state index in [1.54, 1.807) is 16.8 Å². The van der Waals surface area contributed by atoms with Crippen molar-refractivity contribution >= 4 is 23.2 Å². The number of amides is 2. The van der Waals surface area contributed by atoms with E-state index in [1.165, 1.54) is 4.88 Å². The first-order valence-electron chi connectivity index (χ1n) is 8.61. The highest BCUT2D eigenvalue weighted by molar-refractivity contribution is 7.10. The smallest absolute Gasteiger partial charge is 0.248 e. The van der Waals surface area contributed by atoms with Gasteiger partial charge in [0.1, 0.15) is 0 Å². The van der Waals surface area contributed by atoms with Gasteiger partial charge in [0.05, 0.1) is 12.0 Å². The number of hydroxylamine groups is 1. The first kappa shape index (κ1) is 16.1. The van der Waals surface area contributed by atoms with Crippen LogP contribution in [0.2, 0.25) is 0 Å². The van der Waals surface area contributed by atoms with E-state index in [0.717, 1.165) is 38.9 Å². The first-order chi connectivity index (χ1) is 11.6. The summed E-state index contributed by atoms with van der Waals surface area (Å²) in [4.78, 5) is 28.3. The molecule has 3 heterocycles. The molecular weight excluding hydrogens is 326 g/mol. The number of rotatable bonds is 3. The zero-order valence-electron chi connectivity index (χ0n) is 13.5. The molecule has 1 aromatic rings. The van der Waals surface area contributed by atoms with Crippen molar-refractivity contribution in [2.24, 2.45) is 11.3 Å². The van der Waals surface area contributed by atoms with Gasteiger partial charge < -0.3 is 10.2 Å². The molecule has 0 aromatic carbocycles. The van der Waals surface area contributed by atoms with E-state index in [0.29, 0.717) is 12.3 Å². The van der Waals surface area contributed by atoms with Crippen molar-refractivity contribution in [1.82, 2.24) is 15.7 Å². The number of likely N-dealkylation sites (tertiary alicyclic amines) is 1. The van der Waals surface area contributed by atoms with Crippen LogP contribution >= 0.6 is 11.3 Å². The van der Waals surface area contributed by atoms with Gasteiger partial charge in [-0.25, -0.2) is 5.48 Å². The van der Waals surface area contributed by atoms with E-state index in [1.807, 2.05) is 11.0 Å². The van der Waals surface area contributed by atoms with E-state index in [9.17, 15) is 9.59 Å². The number of piperidine rings is 1. The van der Waals surface area contributed by atoms with Crippen LogP contribution in [-0.4, -0.2) is 47.6 Å². The molecule has 1 spiro atoms. The van der Waals surface area contributed by atoms with Crippen molar-refractivity contribution in [3.8, 4) is 0 Å². The topological polar surface area (TPSA) is 81.7 Å². The third kappa shape index (κ3) is 2.85. The molecule has 2 amide bonds. The molecule has 1 saturated carbocycles. The molecule has 7 heteroatoms. The van der Waals surface area contributed by atoms with Gasteiger partial charge in [-0.05, 0) is 42.5 Å². The lowest BCUT2D eigenvalue weighted by Gasteiger charge is -2.37. The Labute approximate surface area is 145 Å². The summed E-state index contributed by atoms with van der Waals surface area (Å²) in [5.74, 6) is -0.532. The second-order valence-corrected chi connectivity index (χ2v) is 8.41. The maximum atomic E-state index is 13.0. The Morgan fingerprint density at radius 1 is 1.42 bits per heavy atom. The van der Waals surface area contributed by atoms with Crippen LogP contribution in [-0.2, 0) is 9.59 Å². The summed E-state index contributed by atoms with van der Waals surface area (Å²) in [6.45, 7) is 2.25. The Morgan fingerprint density at radius 3 is 2.92 bits per heavy atom.